The van der Waals surface area contributed by atoms with Crippen molar-refractivity contribution in [3.05, 3.63) is 44.7 Å². The minimum Gasteiger partial charge on any atom is -0.497 e. The van der Waals surface area contributed by atoms with Crippen molar-refractivity contribution in [2.24, 2.45) is 10.9 Å². The SMILES string of the molecule is COc1ccc(C(=O)N=c2sc(C(C)(C)C)c(C)n2CC2CC2)c(C)c1. The zero-order valence-corrected chi connectivity index (χ0v) is 17.4. The number of rotatable bonds is 4. The van der Waals surface area contributed by atoms with Crippen LogP contribution in [0.15, 0.2) is 23.2 Å². The fourth-order valence-electron chi connectivity index (χ4n) is 3.19. The fraction of sp³-hybridized carbons (Fsp3) is 0.524. The van der Waals surface area contributed by atoms with Gasteiger partial charge in [-0.3, -0.25) is 4.79 Å². The maximum atomic E-state index is 12.8. The van der Waals surface area contributed by atoms with E-state index < -0.39 is 0 Å². The van der Waals surface area contributed by atoms with Crippen molar-refractivity contribution in [3.8, 4) is 5.75 Å². The van der Waals surface area contributed by atoms with Crippen molar-refractivity contribution in [1.29, 1.82) is 0 Å². The highest BCUT2D eigenvalue weighted by Crippen LogP contribution is 2.33. The molecule has 1 amide bonds. The smallest absolute Gasteiger partial charge is 0.279 e. The maximum Gasteiger partial charge on any atom is 0.279 e. The van der Waals surface area contributed by atoms with Crippen molar-refractivity contribution >= 4 is 17.2 Å². The summed E-state index contributed by atoms with van der Waals surface area (Å²) in [6.07, 6.45) is 2.55. The lowest BCUT2D eigenvalue weighted by molar-refractivity contribution is 0.0997. The molecule has 26 heavy (non-hydrogen) atoms. The Morgan fingerprint density at radius 1 is 1.31 bits per heavy atom. The Hall–Kier alpha value is -1.88. The van der Waals surface area contributed by atoms with E-state index in [1.807, 2.05) is 19.1 Å². The minimum atomic E-state index is -0.184. The molecule has 4 nitrogen and oxygen atoms in total. The molecule has 1 aliphatic carbocycles. The van der Waals surface area contributed by atoms with Gasteiger partial charge in [-0.05, 0) is 61.8 Å². The largest absolute Gasteiger partial charge is 0.497 e. The Bertz CT molecular complexity index is 896. The molecule has 2 aromatic rings. The second-order valence-electron chi connectivity index (χ2n) is 8.20. The monoisotopic (exact) mass is 372 g/mol. The first-order valence-corrected chi connectivity index (χ1v) is 9.96. The summed E-state index contributed by atoms with van der Waals surface area (Å²) < 4.78 is 7.48. The molecule has 1 fully saturated rings. The average molecular weight is 373 g/mol. The summed E-state index contributed by atoms with van der Waals surface area (Å²) in [5, 5.41) is 0. The molecule has 0 unspecified atom stereocenters. The summed E-state index contributed by atoms with van der Waals surface area (Å²) in [6.45, 7) is 11.7. The number of carbonyl (C=O) groups is 1. The number of nitrogens with zero attached hydrogens (tertiary/aromatic N) is 2. The van der Waals surface area contributed by atoms with Crippen LogP contribution in [-0.2, 0) is 12.0 Å². The van der Waals surface area contributed by atoms with Crippen LogP contribution in [-0.4, -0.2) is 17.6 Å². The lowest BCUT2D eigenvalue weighted by Gasteiger charge is -2.17. The van der Waals surface area contributed by atoms with Crippen molar-refractivity contribution in [2.45, 2.75) is 59.4 Å². The van der Waals surface area contributed by atoms with E-state index in [-0.39, 0.29) is 11.3 Å². The first-order chi connectivity index (χ1) is 12.2. The molecule has 0 bridgehead atoms. The van der Waals surface area contributed by atoms with Crippen molar-refractivity contribution < 1.29 is 9.53 Å². The van der Waals surface area contributed by atoms with E-state index in [1.165, 1.54) is 23.4 Å². The van der Waals surface area contributed by atoms with Crippen LogP contribution in [0.25, 0.3) is 0 Å². The van der Waals surface area contributed by atoms with Crippen LogP contribution in [0.2, 0.25) is 0 Å². The molecule has 1 aliphatic rings. The van der Waals surface area contributed by atoms with Crippen molar-refractivity contribution in [3.63, 3.8) is 0 Å². The lowest BCUT2D eigenvalue weighted by atomic mass is 9.93. The highest BCUT2D eigenvalue weighted by Gasteiger charge is 2.27. The van der Waals surface area contributed by atoms with Crippen LogP contribution >= 0.6 is 11.3 Å². The number of benzene rings is 1. The Morgan fingerprint density at radius 3 is 2.54 bits per heavy atom. The van der Waals surface area contributed by atoms with Crippen LogP contribution in [0.1, 0.15) is 60.1 Å². The molecule has 1 aromatic heterocycles. The molecule has 0 N–H and O–H groups in total. The summed E-state index contributed by atoms with van der Waals surface area (Å²) in [4.78, 5) is 19.5. The van der Waals surface area contributed by atoms with E-state index in [0.717, 1.165) is 28.6 Å². The second kappa shape index (κ2) is 7.03. The molecule has 0 atom stereocenters. The Kier molecular flexibility index (Phi) is 5.11. The van der Waals surface area contributed by atoms with Gasteiger partial charge in [0, 0.05) is 22.7 Å². The highest BCUT2D eigenvalue weighted by atomic mass is 32.1. The number of aromatic nitrogens is 1. The normalized spacial score (nSPS) is 15.4. The molecular weight excluding hydrogens is 344 g/mol. The number of hydrogen-bond donors (Lipinski definition) is 0. The van der Waals surface area contributed by atoms with E-state index in [4.69, 9.17) is 4.74 Å². The Balaban J connectivity index is 2.05. The van der Waals surface area contributed by atoms with Gasteiger partial charge in [0.05, 0.1) is 7.11 Å². The summed E-state index contributed by atoms with van der Waals surface area (Å²) >= 11 is 1.65. The minimum absolute atomic E-state index is 0.0485. The van der Waals surface area contributed by atoms with Gasteiger partial charge in [-0.15, -0.1) is 11.3 Å². The molecule has 140 valence electrons. The van der Waals surface area contributed by atoms with Gasteiger partial charge >= 0.3 is 0 Å². The molecular formula is C21H28N2O2S. The Morgan fingerprint density at radius 2 is 2.00 bits per heavy atom. The van der Waals surface area contributed by atoms with Gasteiger partial charge in [-0.1, -0.05) is 20.8 Å². The van der Waals surface area contributed by atoms with Crippen LogP contribution in [0.3, 0.4) is 0 Å². The average Bonchev–Trinajstić information content (AvgIpc) is 3.33. The Labute approximate surface area is 159 Å². The lowest BCUT2D eigenvalue weighted by Crippen LogP contribution is -2.20. The predicted molar refractivity (Wildman–Crippen MR) is 106 cm³/mol. The third-order valence-electron chi connectivity index (χ3n) is 4.84. The fourth-order valence-corrected chi connectivity index (χ4v) is 4.39. The van der Waals surface area contributed by atoms with E-state index in [1.54, 1.807) is 24.5 Å². The molecule has 5 heteroatoms. The molecule has 0 spiro atoms. The van der Waals surface area contributed by atoms with Gasteiger partial charge in [-0.2, -0.15) is 4.99 Å². The number of carbonyl (C=O) groups excluding carboxylic acids is 1. The van der Waals surface area contributed by atoms with E-state index in [9.17, 15) is 4.79 Å². The summed E-state index contributed by atoms with van der Waals surface area (Å²) in [5.74, 6) is 1.30. The highest BCUT2D eigenvalue weighted by molar-refractivity contribution is 7.09. The molecule has 0 radical (unpaired) electrons. The van der Waals surface area contributed by atoms with Gasteiger partial charge in [0.15, 0.2) is 4.80 Å². The van der Waals surface area contributed by atoms with Crippen LogP contribution in [0.5, 0.6) is 5.75 Å². The number of ether oxygens (including phenoxy) is 1. The quantitative estimate of drug-likeness (QED) is 0.786. The number of methoxy groups -OCH3 is 1. The van der Waals surface area contributed by atoms with Crippen LogP contribution < -0.4 is 9.54 Å². The van der Waals surface area contributed by atoms with Gasteiger partial charge in [0.2, 0.25) is 0 Å². The van der Waals surface area contributed by atoms with E-state index in [0.29, 0.717) is 5.56 Å². The van der Waals surface area contributed by atoms with Crippen LogP contribution in [0, 0.1) is 19.8 Å². The molecule has 0 aliphatic heterocycles. The molecule has 1 heterocycles. The molecule has 0 saturated heterocycles. The third-order valence-corrected chi connectivity index (χ3v) is 6.44. The second-order valence-corrected chi connectivity index (χ2v) is 9.18. The first kappa shape index (κ1) is 18.9. The zero-order valence-electron chi connectivity index (χ0n) is 16.5. The van der Waals surface area contributed by atoms with Gasteiger partial charge in [0.1, 0.15) is 5.75 Å². The van der Waals surface area contributed by atoms with E-state index in [2.05, 4.69) is 37.3 Å². The van der Waals surface area contributed by atoms with Gasteiger partial charge < -0.3 is 9.30 Å². The summed E-state index contributed by atoms with van der Waals surface area (Å²) in [5.41, 5.74) is 2.81. The summed E-state index contributed by atoms with van der Waals surface area (Å²) in [7, 11) is 1.63. The number of aryl methyl sites for hydroxylation is 1. The predicted octanol–water partition coefficient (Wildman–Crippen LogP) is 4.62. The number of amides is 1. The van der Waals surface area contributed by atoms with Crippen LogP contribution in [0.4, 0.5) is 0 Å². The topological polar surface area (TPSA) is 43.6 Å². The van der Waals surface area contributed by atoms with E-state index >= 15 is 0 Å². The third kappa shape index (κ3) is 3.93. The standard InChI is InChI=1S/C21H28N2O2S/c1-13-11-16(25-6)9-10-17(13)19(24)22-20-23(12-15-7-8-15)14(2)18(26-20)21(3,4)5/h9-11,15H,7-8,12H2,1-6H3. The van der Waals surface area contributed by atoms with Gasteiger partial charge in [-0.25, -0.2) is 0 Å². The van der Waals surface area contributed by atoms with Crippen molar-refractivity contribution in [1.82, 2.24) is 4.57 Å². The maximum absolute atomic E-state index is 12.8. The number of hydrogen-bond acceptors (Lipinski definition) is 3. The number of thiazole rings is 1. The molecule has 1 saturated carbocycles. The first-order valence-electron chi connectivity index (χ1n) is 9.15. The zero-order chi connectivity index (χ0) is 19.1. The summed E-state index contributed by atoms with van der Waals surface area (Å²) in [6, 6.07) is 5.49. The molecule has 3 rings (SSSR count). The van der Waals surface area contributed by atoms with Crippen molar-refractivity contribution in [2.75, 3.05) is 7.11 Å². The van der Waals surface area contributed by atoms with Gasteiger partial charge in [0.25, 0.3) is 5.91 Å². The molecule has 1 aromatic carbocycles.